The molecule has 2 rings (SSSR count). The first-order valence-corrected chi connectivity index (χ1v) is 10.3. The summed E-state index contributed by atoms with van der Waals surface area (Å²) in [7, 11) is 0. The van der Waals surface area contributed by atoms with E-state index < -0.39 is 10.6 Å². The summed E-state index contributed by atoms with van der Waals surface area (Å²) in [5, 5.41) is -1.93. The molecule has 0 N–H and O–H groups in total. The molecule has 0 aliphatic rings. The number of unbranched alkanes of at least 4 members (excludes halogenated alkanes) is 5. The van der Waals surface area contributed by atoms with E-state index in [1.54, 1.807) is 0 Å². The number of hydrogen-bond donors (Lipinski definition) is 0. The number of ether oxygens (including phenoxy) is 2. The lowest BCUT2D eigenvalue weighted by Crippen LogP contribution is -2.45. The Morgan fingerprint density at radius 1 is 0.769 bits per heavy atom. The minimum atomic E-state index is -1.45. The van der Waals surface area contributed by atoms with E-state index in [0.717, 1.165) is 19.3 Å². The maximum Gasteiger partial charge on any atom is 0.349 e. The van der Waals surface area contributed by atoms with Crippen molar-refractivity contribution in [1.82, 2.24) is 0 Å². The first kappa shape index (κ1) is 20.9. The second kappa shape index (κ2) is 11.4. The van der Waals surface area contributed by atoms with Gasteiger partial charge in [-0.05, 0) is 42.3 Å². The summed E-state index contributed by atoms with van der Waals surface area (Å²) in [6.07, 6.45) is 7.92. The zero-order valence-corrected chi connectivity index (χ0v) is 16.9. The Balaban J connectivity index is 1.99. The fraction of sp³-hybridized carbons (Fsp3) is 0.455. The monoisotopic (exact) mass is 394 g/mol. The van der Waals surface area contributed by atoms with Crippen molar-refractivity contribution in [3.8, 4) is 11.5 Å². The third-order valence-electron chi connectivity index (χ3n) is 4.19. The lowest BCUT2D eigenvalue weighted by molar-refractivity contribution is -0.0420. The van der Waals surface area contributed by atoms with Crippen LogP contribution < -0.4 is 9.47 Å². The van der Waals surface area contributed by atoms with E-state index in [1.807, 2.05) is 60.7 Å². The smallest absolute Gasteiger partial charge is 0.349 e. The molecule has 0 saturated heterocycles. The molecule has 0 spiro atoms. The summed E-state index contributed by atoms with van der Waals surface area (Å²) in [4.78, 5) is 0. The van der Waals surface area contributed by atoms with E-state index in [0.29, 0.717) is 11.5 Å². The van der Waals surface area contributed by atoms with E-state index >= 15 is 0 Å². The average molecular weight is 395 g/mol. The number of hydrogen-bond acceptors (Lipinski definition) is 2. The molecule has 0 bridgehead atoms. The molecule has 0 radical (unpaired) electrons. The van der Waals surface area contributed by atoms with Crippen LogP contribution in [0.3, 0.4) is 0 Å². The third-order valence-corrected chi connectivity index (χ3v) is 5.22. The Morgan fingerprint density at radius 3 is 1.73 bits per heavy atom. The van der Waals surface area contributed by atoms with Gasteiger partial charge >= 0.3 is 5.25 Å². The second-order valence-corrected chi connectivity index (χ2v) is 7.49. The lowest BCUT2D eigenvalue weighted by atomic mass is 10.1. The van der Waals surface area contributed by atoms with Gasteiger partial charge in [-0.15, -0.1) is 11.6 Å². The molecule has 2 nitrogen and oxygen atoms in total. The van der Waals surface area contributed by atoms with Gasteiger partial charge in [-0.2, -0.15) is 0 Å². The van der Waals surface area contributed by atoms with Crippen LogP contribution in [0.5, 0.6) is 11.5 Å². The first-order chi connectivity index (χ1) is 12.6. The van der Waals surface area contributed by atoms with Crippen LogP contribution in [0, 0.1) is 0 Å². The van der Waals surface area contributed by atoms with Crippen molar-refractivity contribution in [1.29, 1.82) is 0 Å². The van der Waals surface area contributed by atoms with Gasteiger partial charge in [-0.1, -0.05) is 81.8 Å². The zero-order chi connectivity index (χ0) is 18.7. The minimum Gasteiger partial charge on any atom is -0.438 e. The van der Waals surface area contributed by atoms with Gasteiger partial charge in [0.2, 0.25) is 0 Å². The Kier molecular flexibility index (Phi) is 9.14. The number of benzene rings is 2. The summed E-state index contributed by atoms with van der Waals surface area (Å²) in [6, 6.07) is 18.8. The first-order valence-electron chi connectivity index (χ1n) is 9.45. The van der Waals surface area contributed by atoms with Gasteiger partial charge in [-0.3, -0.25) is 0 Å². The summed E-state index contributed by atoms with van der Waals surface area (Å²) < 4.78 is 11.9. The van der Waals surface area contributed by atoms with Gasteiger partial charge in [0, 0.05) is 0 Å². The van der Waals surface area contributed by atoms with Crippen molar-refractivity contribution in [2.45, 2.75) is 62.5 Å². The van der Waals surface area contributed by atoms with Gasteiger partial charge in [-0.25, -0.2) is 0 Å². The Bertz CT molecular complexity index is 563. The van der Waals surface area contributed by atoms with E-state index in [-0.39, 0.29) is 0 Å². The molecule has 26 heavy (non-hydrogen) atoms. The van der Waals surface area contributed by atoms with Gasteiger partial charge in [0.05, 0.1) is 0 Å². The fourth-order valence-corrected chi connectivity index (χ4v) is 3.25. The molecule has 2 aromatic carbocycles. The van der Waals surface area contributed by atoms with E-state index in [1.165, 1.54) is 25.7 Å². The number of rotatable bonds is 12. The van der Waals surface area contributed by atoms with E-state index in [2.05, 4.69) is 6.92 Å². The molecule has 0 fully saturated rings. The highest BCUT2D eigenvalue weighted by Crippen LogP contribution is 2.34. The Labute approximate surface area is 167 Å². The third kappa shape index (κ3) is 7.09. The normalized spacial score (nSPS) is 12.6. The highest BCUT2D eigenvalue weighted by molar-refractivity contribution is 6.31. The summed E-state index contributed by atoms with van der Waals surface area (Å²) in [5.74, 6) is 1.26. The van der Waals surface area contributed by atoms with Crippen LogP contribution in [-0.2, 0) is 0 Å². The van der Waals surface area contributed by atoms with Crippen LogP contribution in [0.2, 0.25) is 0 Å². The van der Waals surface area contributed by atoms with Crippen molar-refractivity contribution < 1.29 is 9.47 Å². The van der Waals surface area contributed by atoms with Crippen LogP contribution in [0.25, 0.3) is 0 Å². The fourth-order valence-electron chi connectivity index (χ4n) is 2.72. The van der Waals surface area contributed by atoms with Crippen molar-refractivity contribution >= 4 is 23.2 Å². The van der Waals surface area contributed by atoms with Crippen molar-refractivity contribution in [2.24, 2.45) is 0 Å². The van der Waals surface area contributed by atoms with Gasteiger partial charge < -0.3 is 9.47 Å². The Hall–Kier alpha value is -1.38. The number of halogens is 2. The van der Waals surface area contributed by atoms with Gasteiger partial charge in [0.25, 0.3) is 0 Å². The molecule has 0 heterocycles. The predicted octanol–water partition coefficient (Wildman–Crippen LogP) is 7.40. The largest absolute Gasteiger partial charge is 0.438 e. The van der Waals surface area contributed by atoms with Crippen molar-refractivity contribution in [3.05, 3.63) is 60.7 Å². The molecule has 0 saturated carbocycles. The molecule has 0 amide bonds. The van der Waals surface area contributed by atoms with Gasteiger partial charge in [0.15, 0.2) is 0 Å². The van der Waals surface area contributed by atoms with E-state index in [9.17, 15) is 0 Å². The SMILES string of the molecule is CCCCCCCCC(Cl)C(Cl)(Oc1ccccc1)Oc1ccccc1. The van der Waals surface area contributed by atoms with Crippen LogP contribution in [0.1, 0.15) is 51.9 Å². The predicted molar refractivity (Wildman–Crippen MR) is 110 cm³/mol. The zero-order valence-electron chi connectivity index (χ0n) is 15.4. The molecule has 142 valence electrons. The highest BCUT2D eigenvalue weighted by atomic mass is 35.5. The van der Waals surface area contributed by atoms with E-state index in [4.69, 9.17) is 32.7 Å². The van der Waals surface area contributed by atoms with Crippen molar-refractivity contribution in [3.63, 3.8) is 0 Å². The van der Waals surface area contributed by atoms with Crippen LogP contribution in [0.15, 0.2) is 60.7 Å². The van der Waals surface area contributed by atoms with Crippen molar-refractivity contribution in [2.75, 3.05) is 0 Å². The summed E-state index contributed by atoms with van der Waals surface area (Å²) in [6.45, 7) is 2.22. The molecule has 0 aliphatic carbocycles. The number of para-hydroxylation sites is 2. The maximum absolute atomic E-state index is 6.74. The maximum atomic E-state index is 6.74. The highest BCUT2D eigenvalue weighted by Gasteiger charge is 2.41. The molecule has 1 unspecified atom stereocenters. The average Bonchev–Trinajstić information content (AvgIpc) is 2.66. The standard InChI is InChI=1S/C22H28Cl2O2/c1-2-3-4-5-6-13-18-21(23)22(24,25-19-14-9-7-10-15-19)26-20-16-11-8-12-17-20/h7-12,14-17,21H,2-6,13,18H2,1H3. The summed E-state index contributed by atoms with van der Waals surface area (Å²) in [5.41, 5.74) is 0. The molecule has 0 aliphatic heterocycles. The summed E-state index contributed by atoms with van der Waals surface area (Å²) >= 11 is 13.4. The van der Waals surface area contributed by atoms with Gasteiger partial charge in [0.1, 0.15) is 16.9 Å². The molecular formula is C22H28Cl2O2. The lowest BCUT2D eigenvalue weighted by Gasteiger charge is -2.32. The quantitative estimate of drug-likeness (QED) is 0.212. The molecule has 0 aromatic heterocycles. The molecule has 4 heteroatoms. The molecular weight excluding hydrogens is 367 g/mol. The molecule has 2 aromatic rings. The second-order valence-electron chi connectivity index (χ2n) is 6.44. The van der Waals surface area contributed by atoms with Crippen LogP contribution in [0.4, 0.5) is 0 Å². The van der Waals surface area contributed by atoms with Crippen LogP contribution >= 0.6 is 23.2 Å². The minimum absolute atomic E-state index is 0.476. The molecule has 1 atom stereocenters. The number of alkyl halides is 2. The Morgan fingerprint density at radius 2 is 1.23 bits per heavy atom. The van der Waals surface area contributed by atoms with Crippen LogP contribution in [-0.4, -0.2) is 10.6 Å². The topological polar surface area (TPSA) is 18.5 Å².